The van der Waals surface area contributed by atoms with Crippen molar-refractivity contribution < 1.29 is 27.5 Å². The van der Waals surface area contributed by atoms with Crippen LogP contribution in [-0.2, 0) is 11.2 Å². The summed E-state index contributed by atoms with van der Waals surface area (Å²) in [5.41, 5.74) is -4.27. The molecule has 0 aliphatic rings. The predicted molar refractivity (Wildman–Crippen MR) is 47.7 cm³/mol. The second-order valence-corrected chi connectivity index (χ2v) is 3.27. The van der Waals surface area contributed by atoms with Gasteiger partial charge < -0.3 is 5.11 Å². The van der Waals surface area contributed by atoms with E-state index in [1.807, 2.05) is 0 Å². The molecule has 1 atom stereocenters. The van der Waals surface area contributed by atoms with Gasteiger partial charge in [0.2, 0.25) is 0 Å². The number of hydrogen-bond donors (Lipinski definition) is 1. The van der Waals surface area contributed by atoms with Crippen LogP contribution < -0.4 is 0 Å². The minimum atomic E-state index is -5.44. The number of benzene rings is 1. The van der Waals surface area contributed by atoms with Crippen LogP contribution >= 0.6 is 0 Å². The Balaban J connectivity index is 3.03. The Morgan fingerprint density at radius 1 is 1.12 bits per heavy atom. The molecule has 0 fully saturated rings. The molecule has 1 unspecified atom stereocenters. The van der Waals surface area contributed by atoms with Gasteiger partial charge in [0.15, 0.2) is 0 Å². The summed E-state index contributed by atoms with van der Waals surface area (Å²) in [4.78, 5) is 10.4. The molecule has 0 aliphatic heterocycles. The van der Waals surface area contributed by atoms with Crippen LogP contribution in [0.15, 0.2) is 30.3 Å². The molecule has 1 rings (SSSR count). The van der Waals surface area contributed by atoms with E-state index in [4.69, 9.17) is 5.11 Å². The topological polar surface area (TPSA) is 37.3 Å². The lowest BCUT2D eigenvalue weighted by Gasteiger charge is -2.23. The molecule has 2 nitrogen and oxygen atoms in total. The largest absolute Gasteiger partial charge is 0.479 e. The second kappa shape index (κ2) is 4.11. The van der Waals surface area contributed by atoms with E-state index < -0.39 is 24.2 Å². The molecule has 0 aromatic heterocycles. The lowest BCUT2D eigenvalue weighted by molar-refractivity contribution is -0.235. The Bertz CT molecular complexity index is 374. The van der Waals surface area contributed by atoms with Crippen molar-refractivity contribution >= 4 is 5.97 Å². The van der Waals surface area contributed by atoms with Crippen LogP contribution in [0.1, 0.15) is 5.56 Å². The first-order valence-electron chi connectivity index (χ1n) is 4.30. The lowest BCUT2D eigenvalue weighted by atomic mass is 9.96. The normalized spacial score (nSPS) is 15.5. The maximum Gasteiger partial charge on any atom is 0.433 e. The molecular weight excluding hydrogens is 228 g/mol. The Morgan fingerprint density at radius 3 is 2.00 bits per heavy atom. The van der Waals surface area contributed by atoms with E-state index in [0.29, 0.717) is 0 Å². The van der Waals surface area contributed by atoms with Crippen molar-refractivity contribution in [2.24, 2.45) is 0 Å². The summed E-state index contributed by atoms with van der Waals surface area (Å²) in [5.74, 6) is -2.52. The smallest absolute Gasteiger partial charge is 0.433 e. The zero-order chi connectivity index (χ0) is 12.4. The highest BCUT2D eigenvalue weighted by Gasteiger charge is 2.62. The van der Waals surface area contributed by atoms with Crippen LogP contribution in [0.4, 0.5) is 17.6 Å². The molecule has 0 spiro atoms. The van der Waals surface area contributed by atoms with Gasteiger partial charge in [0.25, 0.3) is 0 Å². The zero-order valence-corrected chi connectivity index (χ0v) is 7.96. The van der Waals surface area contributed by atoms with Crippen LogP contribution in [0.5, 0.6) is 0 Å². The van der Waals surface area contributed by atoms with Gasteiger partial charge in [-0.2, -0.15) is 13.2 Å². The molecule has 1 aromatic rings. The van der Waals surface area contributed by atoms with Crippen LogP contribution in [-0.4, -0.2) is 22.9 Å². The van der Waals surface area contributed by atoms with Gasteiger partial charge in [-0.3, -0.25) is 0 Å². The van der Waals surface area contributed by atoms with Gasteiger partial charge >= 0.3 is 17.8 Å². The zero-order valence-electron chi connectivity index (χ0n) is 7.96. The van der Waals surface area contributed by atoms with Crippen molar-refractivity contribution in [1.82, 2.24) is 0 Å². The first-order chi connectivity index (χ1) is 7.27. The molecule has 88 valence electrons. The highest BCUT2D eigenvalue weighted by atomic mass is 19.4. The molecule has 16 heavy (non-hydrogen) atoms. The van der Waals surface area contributed by atoms with E-state index in [0.717, 1.165) is 0 Å². The van der Waals surface area contributed by atoms with E-state index >= 15 is 0 Å². The van der Waals surface area contributed by atoms with Crippen LogP contribution in [0.25, 0.3) is 0 Å². The number of aliphatic carboxylic acids is 1. The molecule has 1 aromatic carbocycles. The fraction of sp³-hybridized carbons (Fsp3) is 0.300. The van der Waals surface area contributed by atoms with Crippen LogP contribution in [0.3, 0.4) is 0 Å². The number of hydrogen-bond acceptors (Lipinski definition) is 1. The minimum absolute atomic E-state index is 0.0234. The Morgan fingerprint density at radius 2 is 1.62 bits per heavy atom. The predicted octanol–water partition coefficient (Wildman–Crippen LogP) is 2.58. The highest BCUT2D eigenvalue weighted by Crippen LogP contribution is 2.37. The van der Waals surface area contributed by atoms with E-state index in [-0.39, 0.29) is 5.56 Å². The van der Waals surface area contributed by atoms with E-state index in [2.05, 4.69) is 0 Å². The fourth-order valence-electron chi connectivity index (χ4n) is 1.17. The fourth-order valence-corrected chi connectivity index (χ4v) is 1.17. The number of rotatable bonds is 3. The SMILES string of the molecule is O=C(O)C(F)(Cc1ccccc1)C(F)(F)F. The summed E-state index contributed by atoms with van der Waals surface area (Å²) in [5, 5.41) is 8.33. The summed E-state index contributed by atoms with van der Waals surface area (Å²) >= 11 is 0. The van der Waals surface area contributed by atoms with Gasteiger partial charge in [0, 0.05) is 6.42 Å². The first kappa shape index (κ1) is 12.5. The van der Waals surface area contributed by atoms with Gasteiger partial charge in [-0.1, -0.05) is 30.3 Å². The average molecular weight is 236 g/mol. The van der Waals surface area contributed by atoms with E-state index in [1.54, 1.807) is 0 Å². The lowest BCUT2D eigenvalue weighted by Crippen LogP contribution is -2.49. The first-order valence-corrected chi connectivity index (χ1v) is 4.30. The van der Waals surface area contributed by atoms with Crippen molar-refractivity contribution in [2.45, 2.75) is 18.3 Å². The van der Waals surface area contributed by atoms with Gasteiger partial charge in [0.1, 0.15) is 0 Å². The molecule has 0 saturated carbocycles. The molecule has 6 heteroatoms. The number of carboxylic acids is 1. The summed E-state index contributed by atoms with van der Waals surface area (Å²) in [6.07, 6.45) is -6.67. The molecule has 0 amide bonds. The molecule has 0 radical (unpaired) electrons. The van der Waals surface area contributed by atoms with Crippen LogP contribution in [0.2, 0.25) is 0 Å². The average Bonchev–Trinajstić information content (AvgIpc) is 2.17. The van der Waals surface area contributed by atoms with E-state index in [9.17, 15) is 22.4 Å². The second-order valence-electron chi connectivity index (χ2n) is 3.27. The van der Waals surface area contributed by atoms with Gasteiger partial charge in [-0.05, 0) is 5.56 Å². The van der Waals surface area contributed by atoms with Crippen molar-refractivity contribution in [3.63, 3.8) is 0 Å². The Labute approximate surface area is 88.5 Å². The monoisotopic (exact) mass is 236 g/mol. The van der Waals surface area contributed by atoms with Crippen molar-refractivity contribution in [1.29, 1.82) is 0 Å². The minimum Gasteiger partial charge on any atom is -0.479 e. The van der Waals surface area contributed by atoms with Crippen molar-refractivity contribution in [3.05, 3.63) is 35.9 Å². The molecular formula is C10H8F4O2. The summed E-state index contributed by atoms with van der Waals surface area (Å²) in [6, 6.07) is 6.84. The molecule has 0 heterocycles. The van der Waals surface area contributed by atoms with Gasteiger partial charge in [-0.15, -0.1) is 0 Å². The number of carboxylic acid groups (broad SMARTS) is 1. The number of halogens is 4. The summed E-state index contributed by atoms with van der Waals surface area (Å²) in [6.45, 7) is 0. The van der Waals surface area contributed by atoms with E-state index in [1.165, 1.54) is 30.3 Å². The third-order valence-electron chi connectivity index (χ3n) is 2.08. The third kappa shape index (κ3) is 2.32. The summed E-state index contributed by atoms with van der Waals surface area (Å²) < 4.78 is 50.2. The Kier molecular flexibility index (Phi) is 3.21. The van der Waals surface area contributed by atoms with Crippen LogP contribution in [0, 0.1) is 0 Å². The molecule has 0 aliphatic carbocycles. The molecule has 0 bridgehead atoms. The quantitative estimate of drug-likeness (QED) is 0.819. The standard InChI is InChI=1S/C10H8F4O2/c11-9(8(15)16,10(12,13)14)6-7-4-2-1-3-5-7/h1-5H,6H2,(H,15,16). The highest BCUT2D eigenvalue weighted by molar-refractivity contribution is 5.79. The molecule has 0 saturated heterocycles. The van der Waals surface area contributed by atoms with Crippen molar-refractivity contribution in [3.8, 4) is 0 Å². The molecule has 1 N–H and O–H groups in total. The third-order valence-corrected chi connectivity index (χ3v) is 2.08. The van der Waals surface area contributed by atoms with Gasteiger partial charge in [-0.25, -0.2) is 9.18 Å². The van der Waals surface area contributed by atoms with Crippen molar-refractivity contribution in [2.75, 3.05) is 0 Å². The maximum absolute atomic E-state index is 13.4. The van der Waals surface area contributed by atoms with Gasteiger partial charge in [0.05, 0.1) is 0 Å². The number of carbonyl (C=O) groups is 1. The number of alkyl halides is 4. The maximum atomic E-state index is 13.4. The Hall–Kier alpha value is -1.59. The summed E-state index contributed by atoms with van der Waals surface area (Å²) in [7, 11) is 0.